The topological polar surface area (TPSA) is 55.4 Å². The zero-order valence-corrected chi connectivity index (χ0v) is 10.8. The molecule has 16 heavy (non-hydrogen) atoms. The lowest BCUT2D eigenvalue weighted by Crippen LogP contribution is -2.10. The van der Waals surface area contributed by atoms with Gasteiger partial charge in [0.1, 0.15) is 5.75 Å². The van der Waals surface area contributed by atoms with Crippen molar-refractivity contribution in [1.82, 2.24) is 0 Å². The lowest BCUT2D eigenvalue weighted by Gasteiger charge is -2.13. The van der Waals surface area contributed by atoms with E-state index in [1.54, 1.807) is 18.2 Å². The molecule has 5 heteroatoms. The SMILES string of the molecule is Cc1cc(NS(C)(=O)=O)ccc1OC(C)C. The molecule has 1 rings (SSSR count). The van der Waals surface area contributed by atoms with Crippen LogP contribution in [-0.4, -0.2) is 20.8 Å². The quantitative estimate of drug-likeness (QED) is 0.881. The summed E-state index contributed by atoms with van der Waals surface area (Å²) < 4.78 is 30.0. The first-order valence-corrected chi connectivity index (χ1v) is 6.92. The van der Waals surface area contributed by atoms with Crippen molar-refractivity contribution in [3.8, 4) is 5.75 Å². The summed E-state index contributed by atoms with van der Waals surface area (Å²) in [6.45, 7) is 5.77. The molecule has 0 radical (unpaired) electrons. The highest BCUT2D eigenvalue weighted by molar-refractivity contribution is 7.92. The van der Waals surface area contributed by atoms with Crippen LogP contribution in [0.15, 0.2) is 18.2 Å². The first-order valence-electron chi connectivity index (χ1n) is 5.03. The lowest BCUT2D eigenvalue weighted by molar-refractivity contribution is 0.241. The molecule has 0 unspecified atom stereocenters. The van der Waals surface area contributed by atoms with Gasteiger partial charge in [-0.3, -0.25) is 4.72 Å². The third-order valence-electron chi connectivity index (χ3n) is 1.84. The van der Waals surface area contributed by atoms with Gasteiger partial charge in [0.2, 0.25) is 10.0 Å². The smallest absolute Gasteiger partial charge is 0.229 e. The van der Waals surface area contributed by atoms with Gasteiger partial charge in [-0.15, -0.1) is 0 Å². The molecule has 0 heterocycles. The first-order chi connectivity index (χ1) is 7.28. The molecule has 0 atom stereocenters. The van der Waals surface area contributed by atoms with Crippen LogP contribution in [0.4, 0.5) is 5.69 Å². The number of nitrogens with one attached hydrogen (secondary N) is 1. The van der Waals surface area contributed by atoms with Gasteiger partial charge >= 0.3 is 0 Å². The van der Waals surface area contributed by atoms with Crippen molar-refractivity contribution in [2.45, 2.75) is 26.9 Å². The molecule has 0 saturated heterocycles. The molecule has 0 saturated carbocycles. The van der Waals surface area contributed by atoms with Crippen LogP contribution in [0, 0.1) is 6.92 Å². The van der Waals surface area contributed by atoms with Crippen molar-refractivity contribution in [3.05, 3.63) is 23.8 Å². The highest BCUT2D eigenvalue weighted by Crippen LogP contribution is 2.23. The van der Waals surface area contributed by atoms with E-state index in [4.69, 9.17) is 4.74 Å². The Morgan fingerprint density at radius 2 is 1.94 bits per heavy atom. The summed E-state index contributed by atoms with van der Waals surface area (Å²) in [6, 6.07) is 5.20. The zero-order chi connectivity index (χ0) is 12.3. The Kier molecular flexibility index (Phi) is 3.80. The van der Waals surface area contributed by atoms with E-state index in [9.17, 15) is 8.42 Å². The maximum Gasteiger partial charge on any atom is 0.229 e. The number of hydrogen-bond donors (Lipinski definition) is 1. The Bertz CT molecular complexity index is 466. The summed E-state index contributed by atoms with van der Waals surface area (Å²) in [5.74, 6) is 0.772. The molecule has 0 aliphatic carbocycles. The third-order valence-corrected chi connectivity index (χ3v) is 2.45. The summed E-state index contributed by atoms with van der Waals surface area (Å²) >= 11 is 0. The minimum absolute atomic E-state index is 0.104. The molecule has 0 spiro atoms. The molecule has 4 nitrogen and oxygen atoms in total. The second kappa shape index (κ2) is 4.74. The Labute approximate surface area is 96.7 Å². The van der Waals surface area contributed by atoms with Crippen LogP contribution < -0.4 is 9.46 Å². The fourth-order valence-corrected chi connectivity index (χ4v) is 1.87. The molecule has 0 aliphatic heterocycles. The number of ether oxygens (including phenoxy) is 1. The maximum atomic E-state index is 11.0. The van der Waals surface area contributed by atoms with Crippen LogP contribution in [0.5, 0.6) is 5.75 Å². The Morgan fingerprint density at radius 1 is 1.31 bits per heavy atom. The summed E-state index contributed by atoms with van der Waals surface area (Å²) in [4.78, 5) is 0. The second-order valence-electron chi connectivity index (χ2n) is 4.02. The highest BCUT2D eigenvalue weighted by atomic mass is 32.2. The van der Waals surface area contributed by atoms with Crippen molar-refractivity contribution >= 4 is 15.7 Å². The average molecular weight is 243 g/mol. The molecule has 0 aliphatic rings. The molecule has 1 N–H and O–H groups in total. The van der Waals surface area contributed by atoms with Crippen LogP contribution in [0.25, 0.3) is 0 Å². The molecule has 1 aromatic carbocycles. The fraction of sp³-hybridized carbons (Fsp3) is 0.455. The lowest BCUT2D eigenvalue weighted by atomic mass is 10.2. The summed E-state index contributed by atoms with van der Waals surface area (Å²) in [5.41, 5.74) is 1.46. The van der Waals surface area contributed by atoms with Crippen molar-refractivity contribution in [3.63, 3.8) is 0 Å². The van der Waals surface area contributed by atoms with E-state index in [-0.39, 0.29) is 6.10 Å². The zero-order valence-electron chi connectivity index (χ0n) is 9.94. The van der Waals surface area contributed by atoms with Crippen LogP contribution in [0.1, 0.15) is 19.4 Å². The summed E-state index contributed by atoms with van der Waals surface area (Å²) in [7, 11) is -3.22. The van der Waals surface area contributed by atoms with Gasteiger partial charge in [-0.05, 0) is 44.5 Å². The first kappa shape index (κ1) is 12.8. The van der Waals surface area contributed by atoms with E-state index in [1.807, 2.05) is 20.8 Å². The molecule has 0 amide bonds. The average Bonchev–Trinajstić information content (AvgIpc) is 2.06. The monoisotopic (exact) mass is 243 g/mol. The number of rotatable bonds is 4. The minimum Gasteiger partial charge on any atom is -0.491 e. The Balaban J connectivity index is 2.91. The van der Waals surface area contributed by atoms with E-state index < -0.39 is 10.0 Å². The van der Waals surface area contributed by atoms with Gasteiger partial charge in [0, 0.05) is 5.69 Å². The van der Waals surface area contributed by atoms with Crippen molar-refractivity contribution < 1.29 is 13.2 Å². The van der Waals surface area contributed by atoms with E-state index in [2.05, 4.69) is 4.72 Å². The van der Waals surface area contributed by atoms with Crippen molar-refractivity contribution in [1.29, 1.82) is 0 Å². The summed E-state index contributed by atoms with van der Waals surface area (Å²) in [5, 5.41) is 0. The van der Waals surface area contributed by atoms with Gasteiger partial charge in [-0.2, -0.15) is 0 Å². The minimum atomic E-state index is -3.22. The van der Waals surface area contributed by atoms with Gasteiger partial charge in [0.05, 0.1) is 12.4 Å². The van der Waals surface area contributed by atoms with E-state index in [0.717, 1.165) is 17.6 Å². The highest BCUT2D eigenvalue weighted by Gasteiger charge is 2.06. The van der Waals surface area contributed by atoms with Gasteiger partial charge in [0.15, 0.2) is 0 Å². The van der Waals surface area contributed by atoms with Gasteiger partial charge in [-0.25, -0.2) is 8.42 Å². The number of hydrogen-bond acceptors (Lipinski definition) is 3. The van der Waals surface area contributed by atoms with Crippen molar-refractivity contribution in [2.75, 3.05) is 11.0 Å². The molecular weight excluding hydrogens is 226 g/mol. The molecule has 0 bridgehead atoms. The standard InChI is InChI=1S/C11H17NO3S/c1-8(2)15-11-6-5-10(7-9(11)3)12-16(4,13)14/h5-8,12H,1-4H3. The number of aryl methyl sites for hydroxylation is 1. The number of benzene rings is 1. The number of sulfonamides is 1. The fourth-order valence-electron chi connectivity index (χ4n) is 1.31. The van der Waals surface area contributed by atoms with Crippen LogP contribution in [0.2, 0.25) is 0 Å². The van der Waals surface area contributed by atoms with Gasteiger partial charge in [0.25, 0.3) is 0 Å². The maximum absolute atomic E-state index is 11.0. The van der Waals surface area contributed by atoms with Gasteiger partial charge < -0.3 is 4.74 Å². The van der Waals surface area contributed by atoms with Crippen LogP contribution in [0.3, 0.4) is 0 Å². The molecular formula is C11H17NO3S. The van der Waals surface area contributed by atoms with Crippen molar-refractivity contribution in [2.24, 2.45) is 0 Å². The molecule has 0 fully saturated rings. The van der Waals surface area contributed by atoms with Crippen LogP contribution >= 0.6 is 0 Å². The molecule has 0 aromatic heterocycles. The van der Waals surface area contributed by atoms with Crippen LogP contribution in [-0.2, 0) is 10.0 Å². The molecule has 1 aromatic rings. The number of anilines is 1. The second-order valence-corrected chi connectivity index (χ2v) is 5.77. The Morgan fingerprint density at radius 3 is 2.38 bits per heavy atom. The normalized spacial score (nSPS) is 11.6. The Hall–Kier alpha value is -1.23. The van der Waals surface area contributed by atoms with E-state index >= 15 is 0 Å². The predicted molar refractivity (Wildman–Crippen MR) is 65.4 cm³/mol. The molecule has 90 valence electrons. The van der Waals surface area contributed by atoms with E-state index in [0.29, 0.717) is 5.69 Å². The third kappa shape index (κ3) is 4.10. The predicted octanol–water partition coefficient (Wildman–Crippen LogP) is 2.15. The summed E-state index contributed by atoms with van der Waals surface area (Å²) in [6.07, 6.45) is 1.23. The van der Waals surface area contributed by atoms with E-state index in [1.165, 1.54) is 0 Å². The van der Waals surface area contributed by atoms with Gasteiger partial charge in [-0.1, -0.05) is 0 Å². The largest absolute Gasteiger partial charge is 0.491 e.